The lowest BCUT2D eigenvalue weighted by molar-refractivity contribution is -0.144. The number of aryl methyl sites for hydroxylation is 3. The molecule has 19 heavy (non-hydrogen) atoms. The van der Waals surface area contributed by atoms with Gasteiger partial charge in [0.25, 0.3) is 0 Å². The van der Waals surface area contributed by atoms with E-state index in [0.717, 1.165) is 23.2 Å². The summed E-state index contributed by atoms with van der Waals surface area (Å²) in [5, 5.41) is 13.0. The number of carboxylic acid groups (broad SMARTS) is 1. The minimum atomic E-state index is -0.996. The van der Waals surface area contributed by atoms with Crippen molar-refractivity contribution >= 4 is 5.97 Å². The summed E-state index contributed by atoms with van der Waals surface area (Å²) in [4.78, 5) is 11.8. The van der Waals surface area contributed by atoms with Gasteiger partial charge in [0.05, 0.1) is 0 Å². The molecule has 104 valence electrons. The number of nitrogens with one attached hydrogen (secondary N) is 1. The molecule has 0 spiro atoms. The van der Waals surface area contributed by atoms with E-state index < -0.39 is 11.5 Å². The number of aliphatic carboxylic acids is 1. The Balaban J connectivity index is 2.39. The molecule has 1 aliphatic rings. The first-order valence-electron chi connectivity index (χ1n) is 6.91. The predicted molar refractivity (Wildman–Crippen MR) is 76.4 cm³/mol. The second-order valence-electron chi connectivity index (χ2n) is 6.03. The summed E-state index contributed by atoms with van der Waals surface area (Å²) in [6, 6.07) is 4.12. The molecule has 1 aliphatic carbocycles. The lowest BCUT2D eigenvalue weighted by Crippen LogP contribution is -2.48. The summed E-state index contributed by atoms with van der Waals surface area (Å²) in [7, 11) is 0. The SMILES string of the molecule is Cc1cc(C)c(C(C)(NCC2CC2)C(=O)O)c(C)c1. The van der Waals surface area contributed by atoms with Gasteiger partial charge in [-0.15, -0.1) is 0 Å². The molecule has 3 heteroatoms. The van der Waals surface area contributed by atoms with Crippen LogP contribution >= 0.6 is 0 Å². The molecule has 0 aliphatic heterocycles. The van der Waals surface area contributed by atoms with Crippen LogP contribution in [0, 0.1) is 26.7 Å². The lowest BCUT2D eigenvalue weighted by atomic mass is 9.84. The van der Waals surface area contributed by atoms with E-state index in [-0.39, 0.29) is 0 Å². The topological polar surface area (TPSA) is 49.3 Å². The Labute approximate surface area is 115 Å². The third-order valence-electron chi connectivity index (χ3n) is 4.05. The fraction of sp³-hybridized carbons (Fsp3) is 0.562. The van der Waals surface area contributed by atoms with Crippen LogP contribution in [-0.2, 0) is 10.3 Å². The van der Waals surface area contributed by atoms with Gasteiger partial charge in [0.15, 0.2) is 0 Å². The molecule has 0 radical (unpaired) electrons. The molecule has 3 nitrogen and oxygen atoms in total. The highest BCUT2D eigenvalue weighted by molar-refractivity contribution is 5.81. The normalized spacial score (nSPS) is 18.1. The Morgan fingerprint density at radius 2 is 1.84 bits per heavy atom. The molecule has 1 aromatic carbocycles. The van der Waals surface area contributed by atoms with Gasteiger partial charge in [0, 0.05) is 0 Å². The molecule has 2 N–H and O–H groups in total. The Bertz CT molecular complexity index is 482. The summed E-state index contributed by atoms with van der Waals surface area (Å²) in [6.07, 6.45) is 2.43. The minimum Gasteiger partial charge on any atom is -0.480 e. The molecular formula is C16H23NO2. The van der Waals surface area contributed by atoms with Crippen LogP contribution < -0.4 is 5.32 Å². The molecule has 1 aromatic rings. The van der Waals surface area contributed by atoms with Gasteiger partial charge in [0.2, 0.25) is 0 Å². The first kappa shape index (κ1) is 14.1. The third-order valence-corrected chi connectivity index (χ3v) is 4.05. The van der Waals surface area contributed by atoms with Crippen molar-refractivity contribution in [2.75, 3.05) is 6.54 Å². The number of carboxylic acids is 1. The van der Waals surface area contributed by atoms with Crippen molar-refractivity contribution in [3.63, 3.8) is 0 Å². The van der Waals surface area contributed by atoms with E-state index in [1.54, 1.807) is 6.92 Å². The number of carbonyl (C=O) groups is 1. The van der Waals surface area contributed by atoms with E-state index in [9.17, 15) is 9.90 Å². The molecule has 0 aromatic heterocycles. The summed E-state index contributed by atoms with van der Waals surface area (Å²) in [5.74, 6) is -0.145. The Morgan fingerprint density at radius 1 is 1.32 bits per heavy atom. The molecule has 1 saturated carbocycles. The highest BCUT2D eigenvalue weighted by Gasteiger charge is 2.38. The highest BCUT2D eigenvalue weighted by atomic mass is 16.4. The average molecular weight is 261 g/mol. The lowest BCUT2D eigenvalue weighted by Gasteiger charge is -2.30. The standard InChI is InChI=1S/C16H23NO2/c1-10-7-11(2)14(12(3)8-10)16(4,15(18)19)17-9-13-5-6-13/h7-8,13,17H,5-6,9H2,1-4H3,(H,18,19). The van der Waals surface area contributed by atoms with E-state index in [2.05, 4.69) is 17.4 Å². The van der Waals surface area contributed by atoms with E-state index in [0.29, 0.717) is 5.92 Å². The maximum Gasteiger partial charge on any atom is 0.328 e. The van der Waals surface area contributed by atoms with Crippen LogP contribution in [0.1, 0.15) is 42.0 Å². The Hall–Kier alpha value is -1.35. The van der Waals surface area contributed by atoms with Crippen LogP contribution in [0.25, 0.3) is 0 Å². The Morgan fingerprint density at radius 3 is 2.26 bits per heavy atom. The quantitative estimate of drug-likeness (QED) is 0.857. The van der Waals surface area contributed by atoms with Gasteiger partial charge in [-0.3, -0.25) is 5.32 Å². The fourth-order valence-corrected chi connectivity index (χ4v) is 2.91. The second-order valence-corrected chi connectivity index (χ2v) is 6.03. The van der Waals surface area contributed by atoms with Gasteiger partial charge in [-0.05, 0) is 69.7 Å². The van der Waals surface area contributed by atoms with Crippen molar-refractivity contribution in [2.45, 2.75) is 46.1 Å². The molecule has 0 saturated heterocycles. The van der Waals surface area contributed by atoms with Crippen LogP contribution in [0.5, 0.6) is 0 Å². The number of benzene rings is 1. The van der Waals surface area contributed by atoms with E-state index in [1.165, 1.54) is 18.4 Å². The molecule has 1 atom stereocenters. The Kier molecular flexibility index (Phi) is 3.68. The maximum atomic E-state index is 11.8. The van der Waals surface area contributed by atoms with Crippen molar-refractivity contribution in [1.82, 2.24) is 5.32 Å². The summed E-state index contributed by atoms with van der Waals surface area (Å²) in [6.45, 7) is 8.60. The van der Waals surface area contributed by atoms with Crippen molar-refractivity contribution in [3.05, 3.63) is 34.4 Å². The van der Waals surface area contributed by atoms with E-state index >= 15 is 0 Å². The first-order chi connectivity index (χ1) is 8.84. The molecular weight excluding hydrogens is 238 g/mol. The predicted octanol–water partition coefficient (Wildman–Crippen LogP) is 2.91. The third kappa shape index (κ3) is 2.81. The zero-order chi connectivity index (χ0) is 14.2. The van der Waals surface area contributed by atoms with Gasteiger partial charge >= 0.3 is 5.97 Å². The molecule has 1 fully saturated rings. The maximum absolute atomic E-state index is 11.8. The van der Waals surface area contributed by atoms with Crippen molar-refractivity contribution in [3.8, 4) is 0 Å². The molecule has 1 unspecified atom stereocenters. The fourth-order valence-electron chi connectivity index (χ4n) is 2.91. The monoisotopic (exact) mass is 261 g/mol. The average Bonchev–Trinajstić information content (AvgIpc) is 3.08. The van der Waals surface area contributed by atoms with Crippen LogP contribution in [0.2, 0.25) is 0 Å². The molecule has 2 rings (SSSR count). The number of hydrogen-bond donors (Lipinski definition) is 2. The van der Waals surface area contributed by atoms with Crippen LogP contribution in [0.15, 0.2) is 12.1 Å². The molecule has 0 heterocycles. The first-order valence-corrected chi connectivity index (χ1v) is 6.91. The van der Waals surface area contributed by atoms with Crippen LogP contribution in [-0.4, -0.2) is 17.6 Å². The van der Waals surface area contributed by atoms with Gasteiger partial charge in [-0.1, -0.05) is 17.7 Å². The van der Waals surface area contributed by atoms with Crippen molar-refractivity contribution < 1.29 is 9.90 Å². The smallest absolute Gasteiger partial charge is 0.328 e. The van der Waals surface area contributed by atoms with E-state index in [1.807, 2.05) is 20.8 Å². The number of hydrogen-bond acceptors (Lipinski definition) is 2. The summed E-state index contributed by atoms with van der Waals surface area (Å²) >= 11 is 0. The van der Waals surface area contributed by atoms with Gasteiger partial charge in [-0.25, -0.2) is 4.79 Å². The van der Waals surface area contributed by atoms with Gasteiger partial charge in [0.1, 0.15) is 5.54 Å². The van der Waals surface area contributed by atoms with Gasteiger partial charge < -0.3 is 5.11 Å². The molecule has 0 amide bonds. The van der Waals surface area contributed by atoms with Crippen LogP contribution in [0.4, 0.5) is 0 Å². The summed E-state index contributed by atoms with van der Waals surface area (Å²) < 4.78 is 0. The van der Waals surface area contributed by atoms with E-state index in [4.69, 9.17) is 0 Å². The largest absolute Gasteiger partial charge is 0.480 e. The number of rotatable bonds is 5. The zero-order valence-corrected chi connectivity index (χ0v) is 12.2. The van der Waals surface area contributed by atoms with Crippen LogP contribution in [0.3, 0.4) is 0 Å². The van der Waals surface area contributed by atoms with Gasteiger partial charge in [-0.2, -0.15) is 0 Å². The molecule has 0 bridgehead atoms. The second kappa shape index (κ2) is 4.97. The summed E-state index contributed by atoms with van der Waals surface area (Å²) in [5.41, 5.74) is 3.18. The van der Waals surface area contributed by atoms with Crippen molar-refractivity contribution in [2.24, 2.45) is 5.92 Å². The zero-order valence-electron chi connectivity index (χ0n) is 12.2. The minimum absolute atomic E-state index is 0.657. The van der Waals surface area contributed by atoms with Crippen molar-refractivity contribution in [1.29, 1.82) is 0 Å². The highest BCUT2D eigenvalue weighted by Crippen LogP contribution is 2.32.